The molecule has 0 fully saturated rings. The van der Waals surface area contributed by atoms with Crippen LogP contribution in [0.5, 0.6) is 11.5 Å². The summed E-state index contributed by atoms with van der Waals surface area (Å²) in [5, 5.41) is 21.3. The van der Waals surface area contributed by atoms with Crippen LogP contribution in [-0.2, 0) is 0 Å². The van der Waals surface area contributed by atoms with Gasteiger partial charge in [-0.3, -0.25) is 4.79 Å². The van der Waals surface area contributed by atoms with E-state index in [1.54, 1.807) is 0 Å². The lowest BCUT2D eigenvalue weighted by Crippen LogP contribution is -2.13. The molecule has 0 unspecified atom stereocenters. The van der Waals surface area contributed by atoms with Crippen molar-refractivity contribution >= 4 is 27.7 Å². The molecule has 0 atom stereocenters. The second kappa shape index (κ2) is 5.01. The molecule has 92 valence electrons. The molecule has 0 bridgehead atoms. The number of nitrogens with one attached hydrogen (secondary N) is 1. The predicted molar refractivity (Wildman–Crippen MR) is 67.5 cm³/mol. The van der Waals surface area contributed by atoms with Gasteiger partial charge in [0.1, 0.15) is 4.60 Å². The van der Waals surface area contributed by atoms with Gasteiger partial charge in [-0.25, -0.2) is 9.97 Å². The molecule has 0 aliphatic carbocycles. The Bertz CT molecular complexity index is 587. The summed E-state index contributed by atoms with van der Waals surface area (Å²) in [6.45, 7) is 0. The molecule has 0 aliphatic heterocycles. The number of aromatic hydroxyl groups is 2. The van der Waals surface area contributed by atoms with Crippen LogP contribution in [0.3, 0.4) is 0 Å². The van der Waals surface area contributed by atoms with E-state index in [2.05, 4.69) is 31.2 Å². The zero-order valence-corrected chi connectivity index (χ0v) is 10.5. The van der Waals surface area contributed by atoms with E-state index in [0.29, 0.717) is 4.60 Å². The van der Waals surface area contributed by atoms with Crippen molar-refractivity contribution in [1.29, 1.82) is 0 Å². The molecule has 1 aromatic heterocycles. The molecular formula is C11H8BrN3O3. The zero-order valence-electron chi connectivity index (χ0n) is 8.96. The normalized spacial score (nSPS) is 10.1. The first-order chi connectivity index (χ1) is 8.58. The molecular weight excluding hydrogens is 302 g/mol. The maximum absolute atomic E-state index is 11.8. The van der Waals surface area contributed by atoms with Gasteiger partial charge in [-0.15, -0.1) is 0 Å². The van der Waals surface area contributed by atoms with Gasteiger partial charge in [0.05, 0.1) is 18.0 Å². The lowest BCUT2D eigenvalue weighted by molar-refractivity contribution is 0.102. The minimum atomic E-state index is -0.583. The Morgan fingerprint density at radius 3 is 2.67 bits per heavy atom. The van der Waals surface area contributed by atoms with Crippen molar-refractivity contribution in [3.8, 4) is 11.5 Å². The van der Waals surface area contributed by atoms with Crippen molar-refractivity contribution in [3.63, 3.8) is 0 Å². The molecule has 0 saturated heterocycles. The van der Waals surface area contributed by atoms with Crippen LogP contribution >= 0.6 is 15.9 Å². The highest BCUT2D eigenvalue weighted by Gasteiger charge is 2.14. The van der Waals surface area contributed by atoms with Gasteiger partial charge < -0.3 is 15.5 Å². The minimum absolute atomic E-state index is 0.0419. The van der Waals surface area contributed by atoms with Gasteiger partial charge >= 0.3 is 0 Å². The summed E-state index contributed by atoms with van der Waals surface area (Å²) in [6, 6.07) is 4.12. The fourth-order valence-corrected chi connectivity index (χ4v) is 1.48. The van der Waals surface area contributed by atoms with E-state index in [1.807, 2.05) is 0 Å². The summed E-state index contributed by atoms with van der Waals surface area (Å²) < 4.78 is 0.542. The Morgan fingerprint density at radius 2 is 2.00 bits per heavy atom. The summed E-state index contributed by atoms with van der Waals surface area (Å²) in [4.78, 5) is 19.6. The van der Waals surface area contributed by atoms with E-state index in [1.165, 1.54) is 30.6 Å². The largest absolute Gasteiger partial charge is 0.504 e. The van der Waals surface area contributed by atoms with Gasteiger partial charge in [-0.1, -0.05) is 6.07 Å². The van der Waals surface area contributed by atoms with Crippen LogP contribution in [0.15, 0.2) is 35.2 Å². The lowest BCUT2D eigenvalue weighted by Gasteiger charge is -2.06. The van der Waals surface area contributed by atoms with Gasteiger partial charge in [0, 0.05) is 0 Å². The molecule has 0 aliphatic rings. The molecule has 0 saturated carbocycles. The number of hydrogen-bond acceptors (Lipinski definition) is 5. The summed E-state index contributed by atoms with van der Waals surface area (Å²) in [5.41, 5.74) is -0.0419. The third-order valence-corrected chi connectivity index (χ3v) is 2.53. The average Bonchev–Trinajstić information content (AvgIpc) is 2.35. The first kappa shape index (κ1) is 12.3. The third-order valence-electron chi connectivity index (χ3n) is 2.12. The molecule has 2 aromatic rings. The van der Waals surface area contributed by atoms with Crippen molar-refractivity contribution in [2.45, 2.75) is 0 Å². The van der Waals surface area contributed by atoms with Crippen LogP contribution in [0.25, 0.3) is 0 Å². The van der Waals surface area contributed by atoms with E-state index in [4.69, 9.17) is 0 Å². The van der Waals surface area contributed by atoms with Crippen LogP contribution in [0.4, 0.5) is 5.82 Å². The monoisotopic (exact) mass is 309 g/mol. The van der Waals surface area contributed by atoms with Crippen molar-refractivity contribution in [2.75, 3.05) is 5.32 Å². The molecule has 0 spiro atoms. The lowest BCUT2D eigenvalue weighted by atomic mass is 10.1. The van der Waals surface area contributed by atoms with Gasteiger partial charge in [-0.2, -0.15) is 0 Å². The molecule has 7 heteroatoms. The predicted octanol–water partition coefficient (Wildman–Crippen LogP) is 1.90. The first-order valence-corrected chi connectivity index (χ1v) is 5.67. The third kappa shape index (κ3) is 2.57. The number of amides is 1. The van der Waals surface area contributed by atoms with Crippen LogP contribution in [0.2, 0.25) is 0 Å². The quantitative estimate of drug-likeness (QED) is 0.736. The maximum atomic E-state index is 11.8. The second-order valence-corrected chi connectivity index (χ2v) is 4.16. The van der Waals surface area contributed by atoms with E-state index in [9.17, 15) is 15.0 Å². The molecule has 6 nitrogen and oxygen atoms in total. The number of rotatable bonds is 2. The smallest absolute Gasteiger partial charge is 0.260 e. The highest BCUT2D eigenvalue weighted by atomic mass is 79.9. The van der Waals surface area contributed by atoms with Crippen LogP contribution < -0.4 is 5.32 Å². The standard InChI is InChI=1S/C11H8BrN3O3/c12-8-4-14-9(5-13-8)15-11(18)6-2-1-3-7(16)10(6)17/h1-5,16-17H,(H,14,15,18). The molecule has 1 aromatic carbocycles. The van der Waals surface area contributed by atoms with Crippen molar-refractivity contribution in [2.24, 2.45) is 0 Å². The number of halogens is 1. The second-order valence-electron chi connectivity index (χ2n) is 3.35. The molecule has 1 heterocycles. The van der Waals surface area contributed by atoms with E-state index < -0.39 is 11.7 Å². The van der Waals surface area contributed by atoms with Crippen LogP contribution in [0.1, 0.15) is 10.4 Å². The topological polar surface area (TPSA) is 95.3 Å². The van der Waals surface area contributed by atoms with Gasteiger partial charge in [0.25, 0.3) is 5.91 Å². The number of phenols is 2. The Hall–Kier alpha value is -2.15. The van der Waals surface area contributed by atoms with Gasteiger partial charge in [0.15, 0.2) is 17.3 Å². The maximum Gasteiger partial charge on any atom is 0.260 e. The number of anilines is 1. The fourth-order valence-electron chi connectivity index (χ4n) is 1.28. The Kier molecular flexibility index (Phi) is 3.42. The average molecular weight is 310 g/mol. The zero-order chi connectivity index (χ0) is 13.1. The van der Waals surface area contributed by atoms with Gasteiger partial charge in [-0.05, 0) is 28.1 Å². The van der Waals surface area contributed by atoms with Crippen molar-refractivity contribution in [3.05, 3.63) is 40.8 Å². The number of benzene rings is 1. The molecule has 1 amide bonds. The highest BCUT2D eigenvalue weighted by molar-refractivity contribution is 9.10. The molecule has 2 rings (SSSR count). The van der Waals surface area contributed by atoms with E-state index >= 15 is 0 Å². The summed E-state index contributed by atoms with van der Waals surface area (Å²) in [6.07, 6.45) is 2.79. The first-order valence-electron chi connectivity index (χ1n) is 4.88. The number of carbonyl (C=O) groups excluding carboxylic acids is 1. The van der Waals surface area contributed by atoms with Gasteiger partial charge in [0.2, 0.25) is 0 Å². The van der Waals surface area contributed by atoms with Crippen LogP contribution in [-0.4, -0.2) is 26.1 Å². The molecule has 0 radical (unpaired) electrons. The van der Waals surface area contributed by atoms with E-state index in [0.717, 1.165) is 0 Å². The van der Waals surface area contributed by atoms with Crippen molar-refractivity contribution in [1.82, 2.24) is 9.97 Å². The fraction of sp³-hybridized carbons (Fsp3) is 0. The Morgan fingerprint density at radius 1 is 1.22 bits per heavy atom. The number of hydrogen-bond donors (Lipinski definition) is 3. The number of carbonyl (C=O) groups is 1. The summed E-state index contributed by atoms with van der Waals surface area (Å²) in [5.74, 6) is -1.17. The summed E-state index contributed by atoms with van der Waals surface area (Å²) in [7, 11) is 0. The van der Waals surface area contributed by atoms with Crippen LogP contribution in [0, 0.1) is 0 Å². The molecule has 18 heavy (non-hydrogen) atoms. The number of aromatic nitrogens is 2. The SMILES string of the molecule is O=C(Nc1cnc(Br)cn1)c1cccc(O)c1O. The number of nitrogens with zero attached hydrogens (tertiary/aromatic N) is 2. The minimum Gasteiger partial charge on any atom is -0.504 e. The number of para-hydroxylation sites is 1. The Labute approximate surface area is 110 Å². The highest BCUT2D eigenvalue weighted by Crippen LogP contribution is 2.28. The van der Waals surface area contributed by atoms with E-state index in [-0.39, 0.29) is 17.1 Å². The summed E-state index contributed by atoms with van der Waals surface area (Å²) >= 11 is 3.12. The number of phenolic OH excluding ortho intramolecular Hbond substituents is 2. The van der Waals surface area contributed by atoms with Crippen molar-refractivity contribution < 1.29 is 15.0 Å². The molecule has 3 N–H and O–H groups in total. The Balaban J connectivity index is 2.22.